The van der Waals surface area contributed by atoms with Crippen LogP contribution in [-0.2, 0) is 29.0 Å². The molecule has 132 valence electrons. The summed E-state index contributed by atoms with van der Waals surface area (Å²) in [6, 6.07) is 16.9. The van der Waals surface area contributed by atoms with Gasteiger partial charge in [-0.25, -0.2) is 0 Å². The number of nitrogens with one attached hydrogen (secondary N) is 1. The van der Waals surface area contributed by atoms with Crippen molar-refractivity contribution in [3.63, 3.8) is 0 Å². The van der Waals surface area contributed by atoms with Crippen LogP contribution in [0.25, 0.3) is 0 Å². The van der Waals surface area contributed by atoms with Crippen molar-refractivity contribution in [3.8, 4) is 0 Å². The highest BCUT2D eigenvalue weighted by atomic mass is 16.4. The maximum absolute atomic E-state index is 12.0. The van der Waals surface area contributed by atoms with Crippen LogP contribution in [0.1, 0.15) is 23.6 Å². The van der Waals surface area contributed by atoms with E-state index in [1.165, 1.54) is 6.92 Å². The van der Waals surface area contributed by atoms with Gasteiger partial charge in [0.05, 0.1) is 18.4 Å². The van der Waals surface area contributed by atoms with Crippen molar-refractivity contribution in [2.45, 2.75) is 26.3 Å². The first-order chi connectivity index (χ1) is 11.9. The zero-order valence-corrected chi connectivity index (χ0v) is 14.2. The summed E-state index contributed by atoms with van der Waals surface area (Å²) in [5.41, 5.74) is 1.51. The molecule has 1 unspecified atom stereocenters. The highest BCUT2D eigenvalue weighted by Gasteiger charge is 2.32. The fraction of sp³-hybridized carbons (Fsp3) is 0.300. The first-order valence-corrected chi connectivity index (χ1v) is 8.16. The molecule has 0 saturated heterocycles. The number of carbonyl (C=O) groups is 2. The van der Waals surface area contributed by atoms with Gasteiger partial charge >= 0.3 is 5.97 Å². The lowest BCUT2D eigenvalue weighted by Gasteiger charge is -2.22. The summed E-state index contributed by atoms with van der Waals surface area (Å²) in [7, 11) is 0. The molecule has 0 radical (unpaired) electrons. The zero-order valence-electron chi connectivity index (χ0n) is 14.2. The van der Waals surface area contributed by atoms with Crippen LogP contribution in [0.3, 0.4) is 0 Å². The Kier molecular flexibility index (Phi) is 6.31. The second kappa shape index (κ2) is 8.44. The van der Waals surface area contributed by atoms with Crippen LogP contribution in [-0.4, -0.2) is 28.7 Å². The van der Waals surface area contributed by atoms with E-state index in [-0.39, 0.29) is 18.7 Å². The number of carboxylic acid groups (broad SMARTS) is 1. The van der Waals surface area contributed by atoms with Crippen LogP contribution < -0.4 is 5.32 Å². The third kappa shape index (κ3) is 5.43. The molecule has 0 aliphatic carbocycles. The van der Waals surface area contributed by atoms with E-state index >= 15 is 0 Å². The third-order valence-corrected chi connectivity index (χ3v) is 4.18. The maximum Gasteiger partial charge on any atom is 0.312 e. The number of hydrogen-bond acceptors (Lipinski definition) is 3. The van der Waals surface area contributed by atoms with Gasteiger partial charge in [0, 0.05) is 6.54 Å². The van der Waals surface area contributed by atoms with Gasteiger partial charge in [-0.3, -0.25) is 9.59 Å². The van der Waals surface area contributed by atoms with Crippen molar-refractivity contribution in [3.05, 3.63) is 71.3 Å². The largest absolute Gasteiger partial charge is 0.481 e. The van der Waals surface area contributed by atoms with Crippen molar-refractivity contribution in [1.29, 1.82) is 0 Å². The molecule has 0 bridgehead atoms. The van der Waals surface area contributed by atoms with Crippen LogP contribution in [0.4, 0.5) is 0 Å². The molecule has 1 atom stereocenters. The summed E-state index contributed by atoms with van der Waals surface area (Å²) >= 11 is 0. The molecule has 5 heteroatoms. The summed E-state index contributed by atoms with van der Waals surface area (Å²) in [5.74, 6) is -1.10. The normalized spacial score (nSPS) is 13.0. The maximum atomic E-state index is 12.0. The Morgan fingerprint density at radius 1 is 0.960 bits per heavy atom. The van der Waals surface area contributed by atoms with Crippen LogP contribution >= 0.6 is 0 Å². The van der Waals surface area contributed by atoms with Crippen molar-refractivity contribution in [2.24, 2.45) is 5.41 Å². The molecule has 25 heavy (non-hydrogen) atoms. The Morgan fingerprint density at radius 2 is 1.56 bits per heavy atom. The monoisotopic (exact) mass is 341 g/mol. The Morgan fingerprint density at radius 3 is 2.12 bits per heavy atom. The fourth-order valence-corrected chi connectivity index (χ4v) is 2.47. The first kappa shape index (κ1) is 18.7. The van der Waals surface area contributed by atoms with Gasteiger partial charge in [-0.2, -0.15) is 0 Å². The van der Waals surface area contributed by atoms with Gasteiger partial charge in [0.25, 0.3) is 0 Å². The summed E-state index contributed by atoms with van der Waals surface area (Å²) < 4.78 is 0. The van der Waals surface area contributed by atoms with Crippen molar-refractivity contribution in [1.82, 2.24) is 5.32 Å². The molecule has 5 nitrogen and oxygen atoms in total. The number of hydrogen-bond donors (Lipinski definition) is 3. The van der Waals surface area contributed by atoms with E-state index in [4.69, 9.17) is 0 Å². The van der Waals surface area contributed by atoms with Gasteiger partial charge in [0.15, 0.2) is 0 Å². The number of rotatable bonds is 8. The van der Waals surface area contributed by atoms with Gasteiger partial charge in [0.2, 0.25) is 5.91 Å². The molecule has 2 aromatic rings. The van der Waals surface area contributed by atoms with Gasteiger partial charge < -0.3 is 15.5 Å². The molecule has 0 aromatic heterocycles. The quantitative estimate of drug-likeness (QED) is 0.687. The molecule has 0 fully saturated rings. The number of aliphatic carboxylic acids is 1. The van der Waals surface area contributed by atoms with E-state index in [0.29, 0.717) is 6.54 Å². The molecule has 0 aliphatic heterocycles. The van der Waals surface area contributed by atoms with Crippen molar-refractivity contribution in [2.75, 3.05) is 6.61 Å². The summed E-state index contributed by atoms with van der Waals surface area (Å²) in [5, 5.41) is 21.4. The van der Waals surface area contributed by atoms with Crippen molar-refractivity contribution < 1.29 is 19.8 Å². The number of aliphatic hydroxyl groups excluding tert-OH is 1. The van der Waals surface area contributed by atoms with E-state index in [0.717, 1.165) is 16.7 Å². The molecule has 0 spiro atoms. The van der Waals surface area contributed by atoms with E-state index < -0.39 is 18.0 Å². The Balaban J connectivity index is 1.89. The van der Waals surface area contributed by atoms with Crippen molar-refractivity contribution >= 4 is 11.9 Å². The molecule has 0 aliphatic rings. The Labute approximate surface area is 147 Å². The average molecular weight is 341 g/mol. The predicted octanol–water partition coefficient (Wildman–Crippen LogP) is 2.17. The van der Waals surface area contributed by atoms with E-state index in [1.54, 1.807) is 12.1 Å². The number of carboxylic acids is 1. The minimum Gasteiger partial charge on any atom is -0.481 e. The molecule has 0 saturated carbocycles. The standard InChI is InChI=1S/C20H23NO4/c1-20(14-22,19(24)25)12-16-9-7-15(8-10-16)11-18(23)21-13-17-5-3-2-4-6-17/h2-10,22H,11-14H2,1H3,(H,21,23)(H,24,25). The first-order valence-electron chi connectivity index (χ1n) is 8.16. The number of aliphatic hydroxyl groups is 1. The number of carbonyl (C=O) groups excluding carboxylic acids is 1. The van der Waals surface area contributed by atoms with Gasteiger partial charge in [0.1, 0.15) is 0 Å². The second-order valence-corrected chi connectivity index (χ2v) is 6.46. The molecule has 2 rings (SSSR count). The van der Waals surface area contributed by atoms with Gasteiger partial charge in [-0.15, -0.1) is 0 Å². The van der Waals surface area contributed by atoms with Crippen LogP contribution in [0.15, 0.2) is 54.6 Å². The van der Waals surface area contributed by atoms with Crippen LogP contribution in [0, 0.1) is 5.41 Å². The van der Waals surface area contributed by atoms with Gasteiger partial charge in [-0.05, 0) is 30.0 Å². The molecular weight excluding hydrogens is 318 g/mol. The summed E-state index contributed by atoms with van der Waals surface area (Å²) in [6.07, 6.45) is 0.503. The van der Waals surface area contributed by atoms with E-state index in [9.17, 15) is 19.8 Å². The predicted molar refractivity (Wildman–Crippen MR) is 95.0 cm³/mol. The lowest BCUT2D eigenvalue weighted by atomic mass is 9.84. The lowest BCUT2D eigenvalue weighted by molar-refractivity contribution is -0.150. The van der Waals surface area contributed by atoms with Crippen LogP contribution in [0.2, 0.25) is 0 Å². The second-order valence-electron chi connectivity index (χ2n) is 6.46. The lowest BCUT2D eigenvalue weighted by Crippen LogP contribution is -2.33. The zero-order chi connectivity index (χ0) is 18.3. The number of amides is 1. The average Bonchev–Trinajstić information content (AvgIpc) is 2.62. The minimum atomic E-state index is -1.20. The third-order valence-electron chi connectivity index (χ3n) is 4.18. The Hall–Kier alpha value is -2.66. The minimum absolute atomic E-state index is 0.0673. The fourth-order valence-electron chi connectivity index (χ4n) is 2.47. The molecule has 0 heterocycles. The van der Waals surface area contributed by atoms with E-state index in [1.807, 2.05) is 42.5 Å². The molecular formula is C20H23NO4. The Bertz CT molecular complexity index is 712. The summed E-state index contributed by atoms with van der Waals surface area (Å²) in [4.78, 5) is 23.3. The van der Waals surface area contributed by atoms with E-state index in [2.05, 4.69) is 5.32 Å². The number of benzene rings is 2. The van der Waals surface area contributed by atoms with Gasteiger partial charge in [-0.1, -0.05) is 54.6 Å². The van der Waals surface area contributed by atoms with Crippen LogP contribution in [0.5, 0.6) is 0 Å². The highest BCUT2D eigenvalue weighted by Crippen LogP contribution is 2.22. The summed E-state index contributed by atoms with van der Waals surface area (Å²) in [6.45, 7) is 1.58. The highest BCUT2D eigenvalue weighted by molar-refractivity contribution is 5.78. The smallest absolute Gasteiger partial charge is 0.312 e. The molecule has 1 amide bonds. The molecule has 2 aromatic carbocycles. The SMILES string of the molecule is CC(CO)(Cc1ccc(CC(=O)NCc2ccccc2)cc1)C(=O)O. The molecule has 3 N–H and O–H groups in total. The topological polar surface area (TPSA) is 86.6 Å².